The number of fused-ring (bicyclic) bond motifs is 1. The molecule has 1 aliphatic rings. The van der Waals surface area contributed by atoms with Crippen LogP contribution in [0, 0.1) is 0 Å². The SMILES string of the molecule is C[C@@H](CN1CCN(S(=O)(=O)c2ccc(-c3ccccn3)s2)CC1)Nc1ncnc2c(C(F)(F)F)cccc12. The number of benzene rings is 1. The number of para-hydroxylation sites is 1. The quantitative estimate of drug-likeness (QED) is 0.353. The number of sulfonamides is 1. The van der Waals surface area contributed by atoms with Gasteiger partial charge in [-0.3, -0.25) is 9.88 Å². The van der Waals surface area contributed by atoms with Crippen molar-refractivity contribution >= 4 is 38.1 Å². The van der Waals surface area contributed by atoms with E-state index in [1.807, 2.05) is 25.1 Å². The Hall–Kier alpha value is -3.13. The molecule has 0 spiro atoms. The summed E-state index contributed by atoms with van der Waals surface area (Å²) in [4.78, 5) is 15.2. The number of hydrogen-bond acceptors (Lipinski definition) is 8. The van der Waals surface area contributed by atoms with E-state index in [0.29, 0.717) is 43.9 Å². The number of alkyl halides is 3. The summed E-state index contributed by atoms with van der Waals surface area (Å²) >= 11 is 1.20. The molecular weight excluding hydrogens is 537 g/mol. The molecule has 5 rings (SSSR count). The van der Waals surface area contributed by atoms with E-state index >= 15 is 0 Å². The summed E-state index contributed by atoms with van der Waals surface area (Å²) in [5.41, 5.74) is -0.219. The molecule has 1 aromatic carbocycles. The zero-order valence-corrected chi connectivity index (χ0v) is 22.0. The zero-order chi connectivity index (χ0) is 26.9. The number of pyridine rings is 1. The molecule has 38 heavy (non-hydrogen) atoms. The first kappa shape index (κ1) is 26.5. The molecule has 200 valence electrons. The van der Waals surface area contributed by atoms with Crippen LogP contribution in [0.15, 0.2) is 65.3 Å². The van der Waals surface area contributed by atoms with Crippen molar-refractivity contribution in [3.63, 3.8) is 0 Å². The summed E-state index contributed by atoms with van der Waals surface area (Å²) in [7, 11) is -3.62. The second-order valence-electron chi connectivity index (χ2n) is 9.01. The van der Waals surface area contributed by atoms with E-state index in [2.05, 4.69) is 25.2 Å². The minimum atomic E-state index is -4.51. The molecule has 3 aromatic heterocycles. The molecule has 8 nitrogen and oxygen atoms in total. The van der Waals surface area contributed by atoms with Crippen LogP contribution in [0.2, 0.25) is 0 Å². The molecule has 0 amide bonds. The zero-order valence-electron chi connectivity index (χ0n) is 20.4. The van der Waals surface area contributed by atoms with Gasteiger partial charge in [-0.2, -0.15) is 17.5 Å². The predicted octanol–water partition coefficient (Wildman–Crippen LogP) is 4.58. The lowest BCUT2D eigenvalue weighted by atomic mass is 10.1. The summed E-state index contributed by atoms with van der Waals surface area (Å²) < 4.78 is 68.4. The summed E-state index contributed by atoms with van der Waals surface area (Å²) in [6, 6.07) is 12.7. The molecule has 4 aromatic rings. The van der Waals surface area contributed by atoms with Gasteiger partial charge in [0.2, 0.25) is 0 Å². The molecule has 0 bridgehead atoms. The fraction of sp³-hybridized carbons (Fsp3) is 0.320. The highest BCUT2D eigenvalue weighted by atomic mass is 32.2. The molecule has 0 radical (unpaired) electrons. The number of hydrogen-bond donors (Lipinski definition) is 1. The number of thiophene rings is 1. The lowest BCUT2D eigenvalue weighted by Crippen LogP contribution is -2.50. The third-order valence-electron chi connectivity index (χ3n) is 6.31. The standard InChI is InChI=1S/C25H25F3N6O2S2/c1-17(32-24-18-5-4-6-19(25(26,27)28)23(18)30-16-31-24)15-33-11-13-34(14-12-33)38(35,36)22-9-8-21(37-22)20-7-2-3-10-29-20/h2-10,16-17H,11-15H2,1H3,(H,30,31,32)/t17-/m0/s1. The van der Waals surface area contributed by atoms with Crippen LogP contribution < -0.4 is 5.32 Å². The molecular formula is C25H25F3N6O2S2. The van der Waals surface area contributed by atoms with Gasteiger partial charge in [-0.05, 0) is 43.3 Å². The summed E-state index contributed by atoms with van der Waals surface area (Å²) in [6.07, 6.45) is -1.72. The van der Waals surface area contributed by atoms with Gasteiger partial charge >= 0.3 is 6.18 Å². The number of aromatic nitrogens is 3. The highest BCUT2D eigenvalue weighted by Crippen LogP contribution is 2.35. The maximum Gasteiger partial charge on any atom is 0.418 e. The van der Waals surface area contributed by atoms with Crippen LogP contribution in [0.25, 0.3) is 21.5 Å². The van der Waals surface area contributed by atoms with Crippen LogP contribution in [-0.4, -0.2) is 71.3 Å². The smallest absolute Gasteiger partial charge is 0.366 e. The Morgan fingerprint density at radius 2 is 1.79 bits per heavy atom. The predicted molar refractivity (Wildman–Crippen MR) is 140 cm³/mol. The number of anilines is 1. The Labute approximate surface area is 222 Å². The second-order valence-corrected chi connectivity index (χ2v) is 12.3. The first-order valence-corrected chi connectivity index (χ1v) is 14.2. The summed E-state index contributed by atoms with van der Waals surface area (Å²) in [5.74, 6) is 0.330. The fourth-order valence-electron chi connectivity index (χ4n) is 4.48. The van der Waals surface area contributed by atoms with E-state index in [1.165, 1.54) is 21.7 Å². The highest BCUT2D eigenvalue weighted by molar-refractivity contribution is 7.91. The van der Waals surface area contributed by atoms with Gasteiger partial charge in [0.1, 0.15) is 16.4 Å². The van der Waals surface area contributed by atoms with E-state index in [-0.39, 0.29) is 15.8 Å². The molecule has 0 saturated carbocycles. The molecule has 0 aliphatic carbocycles. The Bertz CT molecular complexity index is 1520. The third kappa shape index (κ3) is 5.51. The number of nitrogens with zero attached hydrogens (tertiary/aromatic N) is 5. The maximum absolute atomic E-state index is 13.4. The summed E-state index contributed by atoms with van der Waals surface area (Å²) in [6.45, 7) is 4.24. The minimum Gasteiger partial charge on any atom is -0.366 e. The molecule has 1 fully saturated rings. The van der Waals surface area contributed by atoms with Gasteiger partial charge in [0.05, 0.1) is 21.7 Å². The Balaban J connectivity index is 1.21. The summed E-state index contributed by atoms with van der Waals surface area (Å²) in [5, 5.41) is 3.50. The first-order valence-electron chi connectivity index (χ1n) is 11.9. The van der Waals surface area contributed by atoms with Crippen LogP contribution in [0.3, 0.4) is 0 Å². The van der Waals surface area contributed by atoms with Crippen LogP contribution in [0.5, 0.6) is 0 Å². The lowest BCUT2D eigenvalue weighted by molar-refractivity contribution is -0.136. The lowest BCUT2D eigenvalue weighted by Gasteiger charge is -2.35. The molecule has 13 heteroatoms. The van der Waals surface area contributed by atoms with Crippen LogP contribution in [-0.2, 0) is 16.2 Å². The van der Waals surface area contributed by atoms with Crippen LogP contribution >= 0.6 is 11.3 Å². The van der Waals surface area contributed by atoms with Crippen molar-refractivity contribution in [1.29, 1.82) is 0 Å². The van der Waals surface area contributed by atoms with Crippen molar-refractivity contribution in [3.8, 4) is 10.6 Å². The van der Waals surface area contributed by atoms with Crippen molar-refractivity contribution in [2.24, 2.45) is 0 Å². The van der Waals surface area contributed by atoms with Crippen molar-refractivity contribution < 1.29 is 21.6 Å². The van der Waals surface area contributed by atoms with Gasteiger partial charge in [0, 0.05) is 50.3 Å². The topological polar surface area (TPSA) is 91.3 Å². The van der Waals surface area contributed by atoms with Gasteiger partial charge in [-0.15, -0.1) is 11.3 Å². The van der Waals surface area contributed by atoms with Crippen LogP contribution in [0.1, 0.15) is 12.5 Å². The Morgan fingerprint density at radius 3 is 2.50 bits per heavy atom. The minimum absolute atomic E-state index is 0.149. The number of halogens is 3. The van der Waals surface area contributed by atoms with Gasteiger partial charge < -0.3 is 5.32 Å². The molecule has 1 atom stereocenters. The molecule has 1 aliphatic heterocycles. The van der Waals surface area contributed by atoms with Crippen molar-refractivity contribution in [1.82, 2.24) is 24.2 Å². The van der Waals surface area contributed by atoms with E-state index in [1.54, 1.807) is 24.4 Å². The largest absolute Gasteiger partial charge is 0.418 e. The molecule has 1 N–H and O–H groups in total. The van der Waals surface area contributed by atoms with Gasteiger partial charge in [0.25, 0.3) is 10.0 Å². The first-order chi connectivity index (χ1) is 18.1. The Kier molecular flexibility index (Phi) is 7.36. The van der Waals surface area contributed by atoms with Crippen molar-refractivity contribution in [2.75, 3.05) is 38.0 Å². The van der Waals surface area contributed by atoms with E-state index in [4.69, 9.17) is 0 Å². The average Bonchev–Trinajstić information content (AvgIpc) is 3.40. The molecule has 0 unspecified atom stereocenters. The van der Waals surface area contributed by atoms with E-state index < -0.39 is 21.8 Å². The average molecular weight is 563 g/mol. The molecule has 1 saturated heterocycles. The highest BCUT2D eigenvalue weighted by Gasteiger charge is 2.34. The number of nitrogens with one attached hydrogen (secondary N) is 1. The second kappa shape index (κ2) is 10.6. The number of rotatable bonds is 7. The van der Waals surface area contributed by atoms with E-state index in [9.17, 15) is 21.6 Å². The normalized spacial score (nSPS) is 16.5. The number of piperazine rings is 1. The van der Waals surface area contributed by atoms with Gasteiger partial charge in [-0.1, -0.05) is 12.1 Å². The third-order valence-corrected chi connectivity index (χ3v) is 9.78. The van der Waals surface area contributed by atoms with E-state index in [0.717, 1.165) is 23.0 Å². The van der Waals surface area contributed by atoms with Gasteiger partial charge in [0.15, 0.2) is 0 Å². The Morgan fingerprint density at radius 1 is 1.00 bits per heavy atom. The van der Waals surface area contributed by atoms with Crippen LogP contribution in [0.4, 0.5) is 19.0 Å². The van der Waals surface area contributed by atoms with Crippen molar-refractivity contribution in [2.45, 2.75) is 23.4 Å². The molecule has 4 heterocycles. The monoisotopic (exact) mass is 562 g/mol. The fourth-order valence-corrected chi connectivity index (χ4v) is 7.34. The van der Waals surface area contributed by atoms with Gasteiger partial charge in [-0.25, -0.2) is 18.4 Å². The van der Waals surface area contributed by atoms with Crippen molar-refractivity contribution in [3.05, 3.63) is 66.6 Å². The maximum atomic E-state index is 13.4.